The van der Waals surface area contributed by atoms with E-state index in [1.807, 2.05) is 6.92 Å². The van der Waals surface area contributed by atoms with Gasteiger partial charge in [-0.2, -0.15) is 0 Å². The lowest BCUT2D eigenvalue weighted by Crippen LogP contribution is -2.45. The molecule has 1 aliphatic rings. The van der Waals surface area contributed by atoms with Crippen molar-refractivity contribution in [2.24, 2.45) is 5.92 Å². The van der Waals surface area contributed by atoms with Crippen molar-refractivity contribution in [1.29, 1.82) is 0 Å². The van der Waals surface area contributed by atoms with Gasteiger partial charge in [-0.3, -0.25) is 4.90 Å². The fourth-order valence-corrected chi connectivity index (χ4v) is 3.22. The third-order valence-electron chi connectivity index (χ3n) is 4.66. The van der Waals surface area contributed by atoms with Crippen LogP contribution in [0.25, 0.3) is 0 Å². The summed E-state index contributed by atoms with van der Waals surface area (Å²) in [7, 11) is 0. The van der Waals surface area contributed by atoms with Gasteiger partial charge in [0, 0.05) is 12.1 Å². The first kappa shape index (κ1) is 19.6. The van der Waals surface area contributed by atoms with Crippen LogP contribution in [0.5, 0.6) is 11.5 Å². The van der Waals surface area contributed by atoms with Crippen molar-refractivity contribution < 1.29 is 19.4 Å². The van der Waals surface area contributed by atoms with E-state index in [0.717, 1.165) is 19.5 Å². The summed E-state index contributed by atoms with van der Waals surface area (Å²) >= 11 is 0. The largest absolute Gasteiger partial charge is 0.508 e. The predicted octanol–water partition coefficient (Wildman–Crippen LogP) is 3.85. The molecule has 0 aliphatic carbocycles. The van der Waals surface area contributed by atoms with Crippen LogP contribution in [0.15, 0.2) is 18.2 Å². The fraction of sp³-hybridized carbons (Fsp3) is 0.650. The highest BCUT2D eigenvalue weighted by molar-refractivity contribution is 5.92. The van der Waals surface area contributed by atoms with Gasteiger partial charge in [0.2, 0.25) is 0 Å². The smallest absolute Gasteiger partial charge is 0.341 e. The van der Waals surface area contributed by atoms with Crippen molar-refractivity contribution in [3.63, 3.8) is 0 Å². The maximum absolute atomic E-state index is 12.5. The van der Waals surface area contributed by atoms with Crippen molar-refractivity contribution >= 4 is 5.97 Å². The molecule has 1 saturated heterocycles. The number of phenolic OH excluding ortho intramolecular Hbond substituents is 1. The second kappa shape index (κ2) is 9.66. The average Bonchev–Trinajstić information content (AvgIpc) is 2.60. The Morgan fingerprint density at radius 2 is 1.96 bits per heavy atom. The SMILES string of the molecule is CCCOc1cc(O)ccc1C(=O)OC[C@H](C(C)C)N1CCCCC1. The first-order valence-corrected chi connectivity index (χ1v) is 9.40. The standard InChI is InChI=1S/C20H31NO4/c1-4-12-24-19-13-16(22)8-9-17(19)20(23)25-14-18(15(2)3)21-10-6-5-7-11-21/h8-9,13,15,18,22H,4-7,10-12,14H2,1-3H3/t18-/m1/s1. The number of carbonyl (C=O) groups is 1. The van der Waals surface area contributed by atoms with Crippen LogP contribution < -0.4 is 4.74 Å². The maximum Gasteiger partial charge on any atom is 0.341 e. The molecule has 0 spiro atoms. The van der Waals surface area contributed by atoms with Crippen LogP contribution >= 0.6 is 0 Å². The van der Waals surface area contributed by atoms with Gasteiger partial charge in [-0.05, 0) is 50.4 Å². The lowest BCUT2D eigenvalue weighted by atomic mass is 10.00. The summed E-state index contributed by atoms with van der Waals surface area (Å²) in [5.41, 5.74) is 0.368. The van der Waals surface area contributed by atoms with Crippen molar-refractivity contribution in [1.82, 2.24) is 4.90 Å². The minimum atomic E-state index is -0.395. The van der Waals surface area contributed by atoms with Gasteiger partial charge in [0.05, 0.1) is 6.61 Å². The number of benzene rings is 1. The molecule has 1 aromatic rings. The van der Waals surface area contributed by atoms with Crippen molar-refractivity contribution in [3.8, 4) is 11.5 Å². The second-order valence-electron chi connectivity index (χ2n) is 7.04. The Balaban J connectivity index is 2.02. The molecule has 0 bridgehead atoms. The van der Waals surface area contributed by atoms with Crippen LogP contribution in [0, 0.1) is 5.92 Å². The molecule has 5 heteroatoms. The molecule has 140 valence electrons. The quantitative estimate of drug-likeness (QED) is 0.723. The van der Waals surface area contributed by atoms with E-state index in [-0.39, 0.29) is 11.8 Å². The number of piperidine rings is 1. The van der Waals surface area contributed by atoms with E-state index in [2.05, 4.69) is 18.7 Å². The number of aromatic hydroxyl groups is 1. The monoisotopic (exact) mass is 349 g/mol. The molecule has 0 radical (unpaired) electrons. The minimum Gasteiger partial charge on any atom is -0.508 e. The Hall–Kier alpha value is -1.75. The number of hydrogen-bond donors (Lipinski definition) is 1. The first-order chi connectivity index (χ1) is 12.0. The zero-order valence-electron chi connectivity index (χ0n) is 15.7. The Morgan fingerprint density at radius 1 is 1.24 bits per heavy atom. The number of esters is 1. The van der Waals surface area contributed by atoms with E-state index in [1.54, 1.807) is 6.07 Å². The van der Waals surface area contributed by atoms with Gasteiger partial charge in [0.15, 0.2) is 0 Å². The third kappa shape index (κ3) is 5.63. The van der Waals surface area contributed by atoms with Gasteiger partial charge in [0.1, 0.15) is 23.7 Å². The van der Waals surface area contributed by atoms with E-state index in [4.69, 9.17) is 9.47 Å². The number of carbonyl (C=O) groups excluding carboxylic acids is 1. The molecule has 5 nitrogen and oxygen atoms in total. The molecule has 1 fully saturated rings. The summed E-state index contributed by atoms with van der Waals surface area (Å²) in [4.78, 5) is 15.0. The van der Waals surface area contributed by atoms with Gasteiger partial charge in [-0.25, -0.2) is 4.79 Å². The number of ether oxygens (including phenoxy) is 2. The van der Waals surface area contributed by atoms with E-state index in [1.165, 1.54) is 31.4 Å². The van der Waals surface area contributed by atoms with E-state index < -0.39 is 5.97 Å². The van der Waals surface area contributed by atoms with Crippen molar-refractivity contribution in [3.05, 3.63) is 23.8 Å². The first-order valence-electron chi connectivity index (χ1n) is 9.40. The van der Waals surface area contributed by atoms with Crippen LogP contribution in [-0.4, -0.2) is 48.3 Å². The van der Waals surface area contributed by atoms with Crippen LogP contribution in [0.4, 0.5) is 0 Å². The Labute approximate surface area is 150 Å². The van der Waals surface area contributed by atoms with E-state index >= 15 is 0 Å². The van der Waals surface area contributed by atoms with Crippen molar-refractivity contribution in [2.45, 2.75) is 52.5 Å². The maximum atomic E-state index is 12.5. The highest BCUT2D eigenvalue weighted by Crippen LogP contribution is 2.26. The second-order valence-corrected chi connectivity index (χ2v) is 7.04. The number of phenols is 1. The van der Waals surface area contributed by atoms with Crippen LogP contribution in [0.3, 0.4) is 0 Å². The molecule has 25 heavy (non-hydrogen) atoms. The molecule has 0 amide bonds. The van der Waals surface area contributed by atoms with Crippen LogP contribution in [0.1, 0.15) is 56.8 Å². The molecule has 1 aliphatic heterocycles. The molecule has 2 rings (SSSR count). The highest BCUT2D eigenvalue weighted by atomic mass is 16.5. The number of likely N-dealkylation sites (tertiary alicyclic amines) is 1. The van der Waals surface area contributed by atoms with Gasteiger partial charge in [0.25, 0.3) is 0 Å². The van der Waals surface area contributed by atoms with E-state index in [0.29, 0.717) is 30.4 Å². The summed E-state index contributed by atoms with van der Waals surface area (Å²) in [6.45, 7) is 9.35. The molecular weight excluding hydrogens is 318 g/mol. The average molecular weight is 349 g/mol. The molecule has 0 unspecified atom stereocenters. The summed E-state index contributed by atoms with van der Waals surface area (Å²) in [5, 5.41) is 9.64. The lowest BCUT2D eigenvalue weighted by Gasteiger charge is -2.36. The summed E-state index contributed by atoms with van der Waals surface area (Å²) in [5.74, 6) is 0.484. The topological polar surface area (TPSA) is 59.0 Å². The lowest BCUT2D eigenvalue weighted by molar-refractivity contribution is 0.0230. The highest BCUT2D eigenvalue weighted by Gasteiger charge is 2.25. The molecule has 1 N–H and O–H groups in total. The zero-order chi connectivity index (χ0) is 18.2. The Kier molecular flexibility index (Phi) is 7.56. The fourth-order valence-electron chi connectivity index (χ4n) is 3.22. The van der Waals surface area contributed by atoms with Crippen LogP contribution in [-0.2, 0) is 4.74 Å². The predicted molar refractivity (Wildman–Crippen MR) is 98.2 cm³/mol. The van der Waals surface area contributed by atoms with Crippen LogP contribution in [0.2, 0.25) is 0 Å². The normalized spacial score (nSPS) is 16.6. The van der Waals surface area contributed by atoms with Crippen molar-refractivity contribution in [2.75, 3.05) is 26.3 Å². The molecule has 1 heterocycles. The molecule has 0 aromatic heterocycles. The number of hydrogen-bond acceptors (Lipinski definition) is 5. The minimum absolute atomic E-state index is 0.0797. The Bertz CT molecular complexity index is 553. The van der Waals surface area contributed by atoms with Gasteiger partial charge < -0.3 is 14.6 Å². The van der Waals surface area contributed by atoms with Gasteiger partial charge >= 0.3 is 5.97 Å². The molecule has 1 atom stereocenters. The summed E-state index contributed by atoms with van der Waals surface area (Å²) < 4.78 is 11.2. The number of rotatable bonds is 8. The molecule has 1 aromatic carbocycles. The third-order valence-corrected chi connectivity index (χ3v) is 4.66. The summed E-state index contributed by atoms with van der Waals surface area (Å²) in [6, 6.07) is 4.76. The van der Waals surface area contributed by atoms with E-state index in [9.17, 15) is 9.90 Å². The Morgan fingerprint density at radius 3 is 2.60 bits per heavy atom. The summed E-state index contributed by atoms with van der Waals surface area (Å²) in [6.07, 6.45) is 4.54. The number of nitrogens with zero attached hydrogens (tertiary/aromatic N) is 1. The zero-order valence-corrected chi connectivity index (χ0v) is 15.7. The molecule has 0 saturated carbocycles. The molecular formula is C20H31NO4. The van der Waals surface area contributed by atoms with Gasteiger partial charge in [-0.15, -0.1) is 0 Å². The van der Waals surface area contributed by atoms with Gasteiger partial charge in [-0.1, -0.05) is 27.2 Å².